The molecule has 7 heteroatoms. The number of aromatic nitrogens is 5. The van der Waals surface area contributed by atoms with E-state index in [0.29, 0.717) is 11.8 Å². The zero-order valence-electron chi connectivity index (χ0n) is 13.4. The summed E-state index contributed by atoms with van der Waals surface area (Å²) in [6.45, 7) is 8.38. The molecular weight excluding hydrogens is 280 g/mol. The van der Waals surface area contributed by atoms with Gasteiger partial charge in [0.05, 0.1) is 5.92 Å². The number of rotatable bonds is 6. The average Bonchev–Trinajstić information content (AvgIpc) is 3.16. The molecule has 120 valence electrons. The number of hydrogen-bond acceptors (Lipinski definition) is 6. The molecular formula is C15H24N6O. The second-order valence-electron chi connectivity index (χ2n) is 6.49. The molecule has 0 aromatic carbocycles. The minimum atomic E-state index is 0.364. The predicted octanol–water partition coefficient (Wildman–Crippen LogP) is 1.74. The number of nitrogens with zero attached hydrogens (tertiary/aromatic N) is 6. The summed E-state index contributed by atoms with van der Waals surface area (Å²) < 4.78 is 7.50. The maximum absolute atomic E-state index is 5.49. The Labute approximate surface area is 130 Å². The van der Waals surface area contributed by atoms with E-state index in [1.807, 2.05) is 4.57 Å². The Hall–Kier alpha value is -1.76. The van der Waals surface area contributed by atoms with Gasteiger partial charge in [-0.15, -0.1) is 10.2 Å². The highest BCUT2D eigenvalue weighted by Crippen LogP contribution is 2.25. The number of hydrogen-bond donors (Lipinski definition) is 0. The lowest BCUT2D eigenvalue weighted by molar-refractivity contribution is 0.181. The van der Waals surface area contributed by atoms with Crippen molar-refractivity contribution in [2.24, 2.45) is 5.92 Å². The number of likely N-dealkylation sites (tertiary alicyclic amines) is 1. The maximum atomic E-state index is 5.49. The molecule has 7 nitrogen and oxygen atoms in total. The van der Waals surface area contributed by atoms with Gasteiger partial charge in [0.15, 0.2) is 5.82 Å². The van der Waals surface area contributed by atoms with Crippen LogP contribution in [0.4, 0.5) is 0 Å². The Balaban J connectivity index is 1.54. The van der Waals surface area contributed by atoms with Crippen LogP contribution in [-0.4, -0.2) is 49.4 Å². The molecule has 0 amide bonds. The topological polar surface area (TPSA) is 72.9 Å². The van der Waals surface area contributed by atoms with Gasteiger partial charge in [-0.1, -0.05) is 19.0 Å². The smallest absolute Gasteiger partial charge is 0.231 e. The van der Waals surface area contributed by atoms with Crippen LogP contribution in [0, 0.1) is 5.92 Å². The highest BCUT2D eigenvalue weighted by Gasteiger charge is 2.25. The van der Waals surface area contributed by atoms with Gasteiger partial charge in [-0.2, -0.15) is 4.98 Å². The molecule has 0 aliphatic carbocycles. The van der Waals surface area contributed by atoms with Gasteiger partial charge in [-0.25, -0.2) is 0 Å². The summed E-state index contributed by atoms with van der Waals surface area (Å²) in [7, 11) is 0. The lowest BCUT2D eigenvalue weighted by Crippen LogP contribution is -2.36. The molecule has 3 rings (SSSR count). The molecule has 2 aromatic heterocycles. The SMILES string of the molecule is CC(C)Cc1noc([C@H]2CCCN(CCn3cnnc3)C2)n1. The molecule has 0 unspecified atom stereocenters. The molecule has 1 fully saturated rings. The van der Waals surface area contributed by atoms with Crippen molar-refractivity contribution in [1.29, 1.82) is 0 Å². The summed E-state index contributed by atoms with van der Waals surface area (Å²) in [5, 5.41) is 11.8. The summed E-state index contributed by atoms with van der Waals surface area (Å²) in [5.74, 6) is 2.57. The van der Waals surface area contributed by atoms with Gasteiger partial charge in [-0.3, -0.25) is 0 Å². The normalized spacial score (nSPS) is 19.9. The quantitative estimate of drug-likeness (QED) is 0.809. The molecule has 0 bridgehead atoms. The van der Waals surface area contributed by atoms with Crippen LogP contribution in [0.3, 0.4) is 0 Å². The Morgan fingerprint density at radius 2 is 2.09 bits per heavy atom. The second-order valence-corrected chi connectivity index (χ2v) is 6.49. The minimum absolute atomic E-state index is 0.364. The van der Waals surface area contributed by atoms with Crippen LogP contribution < -0.4 is 0 Å². The Morgan fingerprint density at radius 1 is 1.27 bits per heavy atom. The van der Waals surface area contributed by atoms with E-state index in [-0.39, 0.29) is 0 Å². The summed E-state index contributed by atoms with van der Waals surface area (Å²) in [6.07, 6.45) is 6.71. The lowest BCUT2D eigenvalue weighted by Gasteiger charge is -2.30. The number of piperidine rings is 1. The molecule has 2 aromatic rings. The van der Waals surface area contributed by atoms with E-state index in [4.69, 9.17) is 4.52 Å². The van der Waals surface area contributed by atoms with E-state index in [9.17, 15) is 0 Å². The predicted molar refractivity (Wildman–Crippen MR) is 81.3 cm³/mol. The summed E-state index contributed by atoms with van der Waals surface area (Å²) >= 11 is 0. The molecule has 22 heavy (non-hydrogen) atoms. The van der Waals surface area contributed by atoms with E-state index in [1.165, 1.54) is 6.42 Å². The standard InChI is InChI=1S/C15H24N6O/c1-12(2)8-14-18-15(22-19-14)13-4-3-5-20(9-13)6-7-21-10-16-17-11-21/h10-13H,3-9H2,1-2H3/t13-/m0/s1. The zero-order valence-corrected chi connectivity index (χ0v) is 13.4. The highest BCUT2D eigenvalue weighted by molar-refractivity contribution is 4.97. The van der Waals surface area contributed by atoms with E-state index < -0.39 is 0 Å². The van der Waals surface area contributed by atoms with Crippen molar-refractivity contribution in [1.82, 2.24) is 29.8 Å². The van der Waals surface area contributed by atoms with E-state index in [1.54, 1.807) is 12.7 Å². The van der Waals surface area contributed by atoms with Crippen LogP contribution in [0.15, 0.2) is 17.2 Å². The monoisotopic (exact) mass is 304 g/mol. The Morgan fingerprint density at radius 3 is 2.86 bits per heavy atom. The average molecular weight is 304 g/mol. The third-order valence-corrected chi connectivity index (χ3v) is 4.07. The van der Waals surface area contributed by atoms with Crippen molar-refractivity contribution in [3.05, 3.63) is 24.4 Å². The van der Waals surface area contributed by atoms with Crippen LogP contribution in [0.25, 0.3) is 0 Å². The second kappa shape index (κ2) is 7.00. The fourth-order valence-corrected chi connectivity index (χ4v) is 2.94. The van der Waals surface area contributed by atoms with Crippen LogP contribution in [0.2, 0.25) is 0 Å². The van der Waals surface area contributed by atoms with E-state index >= 15 is 0 Å². The minimum Gasteiger partial charge on any atom is -0.339 e. The summed E-state index contributed by atoms with van der Waals surface area (Å²) in [6, 6.07) is 0. The molecule has 0 N–H and O–H groups in total. The van der Waals surface area contributed by atoms with E-state index in [2.05, 4.69) is 39.1 Å². The first-order valence-corrected chi connectivity index (χ1v) is 8.08. The first-order chi connectivity index (χ1) is 10.7. The largest absolute Gasteiger partial charge is 0.339 e. The van der Waals surface area contributed by atoms with Crippen molar-refractivity contribution in [2.75, 3.05) is 19.6 Å². The third kappa shape index (κ3) is 3.91. The van der Waals surface area contributed by atoms with Gasteiger partial charge in [-0.05, 0) is 25.3 Å². The lowest BCUT2D eigenvalue weighted by atomic mass is 9.98. The van der Waals surface area contributed by atoms with Crippen LogP contribution in [-0.2, 0) is 13.0 Å². The van der Waals surface area contributed by atoms with Crippen LogP contribution in [0.5, 0.6) is 0 Å². The first-order valence-electron chi connectivity index (χ1n) is 8.08. The van der Waals surface area contributed by atoms with Gasteiger partial charge in [0.25, 0.3) is 0 Å². The van der Waals surface area contributed by atoms with Gasteiger partial charge in [0, 0.05) is 26.1 Å². The van der Waals surface area contributed by atoms with Crippen LogP contribution in [0.1, 0.15) is 44.3 Å². The molecule has 1 aliphatic heterocycles. The van der Waals surface area contributed by atoms with Crippen molar-refractivity contribution < 1.29 is 4.52 Å². The van der Waals surface area contributed by atoms with Gasteiger partial charge < -0.3 is 14.0 Å². The highest BCUT2D eigenvalue weighted by atomic mass is 16.5. The summed E-state index contributed by atoms with van der Waals surface area (Å²) in [5.41, 5.74) is 0. The van der Waals surface area contributed by atoms with Crippen molar-refractivity contribution in [3.8, 4) is 0 Å². The molecule has 0 radical (unpaired) electrons. The van der Waals surface area contributed by atoms with Gasteiger partial charge in [0.2, 0.25) is 5.89 Å². The summed E-state index contributed by atoms with van der Waals surface area (Å²) in [4.78, 5) is 7.05. The maximum Gasteiger partial charge on any atom is 0.231 e. The van der Waals surface area contributed by atoms with Crippen molar-refractivity contribution in [3.63, 3.8) is 0 Å². The molecule has 1 atom stereocenters. The molecule has 0 saturated carbocycles. The fourth-order valence-electron chi connectivity index (χ4n) is 2.94. The van der Waals surface area contributed by atoms with Crippen molar-refractivity contribution in [2.45, 2.75) is 45.6 Å². The van der Waals surface area contributed by atoms with Crippen molar-refractivity contribution >= 4 is 0 Å². The molecule has 0 spiro atoms. The van der Waals surface area contributed by atoms with E-state index in [0.717, 1.165) is 50.7 Å². The third-order valence-electron chi connectivity index (χ3n) is 4.07. The Kier molecular flexibility index (Phi) is 4.82. The first kappa shape index (κ1) is 15.1. The molecule has 1 saturated heterocycles. The fraction of sp³-hybridized carbons (Fsp3) is 0.733. The zero-order chi connectivity index (χ0) is 15.4. The van der Waals surface area contributed by atoms with Gasteiger partial charge in [0.1, 0.15) is 12.7 Å². The molecule has 3 heterocycles. The van der Waals surface area contributed by atoms with Gasteiger partial charge >= 0.3 is 0 Å². The van der Waals surface area contributed by atoms with Crippen LogP contribution >= 0.6 is 0 Å². The Bertz CT molecular complexity index is 564. The molecule has 1 aliphatic rings.